The van der Waals surface area contributed by atoms with Crippen LogP contribution >= 0.6 is 0 Å². The van der Waals surface area contributed by atoms with Gasteiger partial charge in [-0.1, -0.05) is 12.1 Å². The van der Waals surface area contributed by atoms with Crippen molar-refractivity contribution in [2.24, 2.45) is 5.41 Å². The second-order valence-corrected chi connectivity index (χ2v) is 5.63. The summed E-state index contributed by atoms with van der Waals surface area (Å²) in [6.07, 6.45) is 2.10. The second kappa shape index (κ2) is 7.16. The highest BCUT2D eigenvalue weighted by Gasteiger charge is 2.16. The lowest BCUT2D eigenvalue weighted by Gasteiger charge is -2.15. The molecule has 1 atom stereocenters. The SMILES string of the molecule is CC(O)CCc1ccc(OCCC(C)(C)C#N)cc1. The van der Waals surface area contributed by atoms with E-state index in [0.29, 0.717) is 13.0 Å². The number of aryl methyl sites for hydroxylation is 1. The second-order valence-electron chi connectivity index (χ2n) is 5.63. The minimum absolute atomic E-state index is 0.260. The Hall–Kier alpha value is -1.53. The summed E-state index contributed by atoms with van der Waals surface area (Å²) >= 11 is 0. The average molecular weight is 261 g/mol. The zero-order valence-electron chi connectivity index (χ0n) is 12.0. The summed E-state index contributed by atoms with van der Waals surface area (Å²) in [7, 11) is 0. The molecule has 0 heterocycles. The number of rotatable bonds is 7. The van der Waals surface area contributed by atoms with Crippen molar-refractivity contribution in [3.63, 3.8) is 0 Å². The molecule has 0 amide bonds. The average Bonchev–Trinajstić information content (AvgIpc) is 2.37. The predicted octanol–water partition coefficient (Wildman–Crippen LogP) is 3.32. The van der Waals surface area contributed by atoms with E-state index < -0.39 is 0 Å². The molecule has 1 aromatic rings. The van der Waals surface area contributed by atoms with Gasteiger partial charge in [0.2, 0.25) is 0 Å². The van der Waals surface area contributed by atoms with Crippen LogP contribution in [0.25, 0.3) is 0 Å². The first kappa shape index (κ1) is 15.5. The monoisotopic (exact) mass is 261 g/mol. The van der Waals surface area contributed by atoms with Crippen LogP contribution in [0, 0.1) is 16.7 Å². The molecule has 1 aromatic carbocycles. The molecule has 3 nitrogen and oxygen atoms in total. The number of ether oxygens (including phenoxy) is 1. The van der Waals surface area contributed by atoms with Gasteiger partial charge in [0.15, 0.2) is 0 Å². The molecule has 0 aliphatic rings. The van der Waals surface area contributed by atoms with E-state index in [1.165, 1.54) is 5.56 Å². The Bertz CT molecular complexity index is 415. The van der Waals surface area contributed by atoms with Gasteiger partial charge in [-0.2, -0.15) is 5.26 Å². The first-order valence-corrected chi connectivity index (χ1v) is 6.74. The smallest absolute Gasteiger partial charge is 0.119 e. The predicted molar refractivity (Wildman–Crippen MR) is 75.9 cm³/mol. The van der Waals surface area contributed by atoms with Crippen LogP contribution in [0.1, 0.15) is 39.2 Å². The molecule has 0 aromatic heterocycles. The van der Waals surface area contributed by atoms with E-state index in [-0.39, 0.29) is 11.5 Å². The van der Waals surface area contributed by atoms with E-state index in [9.17, 15) is 5.11 Å². The van der Waals surface area contributed by atoms with E-state index >= 15 is 0 Å². The zero-order valence-corrected chi connectivity index (χ0v) is 12.0. The standard InChI is InChI=1S/C16H23NO2/c1-13(18)4-5-14-6-8-15(9-7-14)19-11-10-16(2,3)12-17/h6-9,13,18H,4-5,10-11H2,1-3H3. The van der Waals surface area contributed by atoms with Crippen molar-refractivity contribution in [2.75, 3.05) is 6.61 Å². The summed E-state index contributed by atoms with van der Waals surface area (Å²) in [4.78, 5) is 0. The third-order valence-electron chi connectivity index (χ3n) is 3.07. The van der Waals surface area contributed by atoms with Crippen molar-refractivity contribution in [3.05, 3.63) is 29.8 Å². The fourth-order valence-electron chi connectivity index (χ4n) is 1.61. The molecule has 19 heavy (non-hydrogen) atoms. The molecular formula is C16H23NO2. The molecule has 0 aliphatic heterocycles. The van der Waals surface area contributed by atoms with Gasteiger partial charge in [-0.25, -0.2) is 0 Å². The summed E-state index contributed by atoms with van der Waals surface area (Å²) in [5, 5.41) is 18.1. The Balaban J connectivity index is 2.38. The zero-order chi connectivity index (χ0) is 14.3. The van der Waals surface area contributed by atoms with Crippen molar-refractivity contribution < 1.29 is 9.84 Å². The van der Waals surface area contributed by atoms with Gasteiger partial charge in [-0.15, -0.1) is 0 Å². The van der Waals surface area contributed by atoms with E-state index in [1.807, 2.05) is 38.1 Å². The van der Waals surface area contributed by atoms with E-state index in [1.54, 1.807) is 6.92 Å². The van der Waals surface area contributed by atoms with Crippen molar-refractivity contribution >= 4 is 0 Å². The summed E-state index contributed by atoms with van der Waals surface area (Å²) in [6.45, 7) is 6.17. The molecule has 0 saturated heterocycles. The number of aliphatic hydroxyl groups is 1. The maximum Gasteiger partial charge on any atom is 0.119 e. The molecule has 0 saturated carbocycles. The minimum atomic E-state index is -0.336. The van der Waals surface area contributed by atoms with Gasteiger partial charge >= 0.3 is 0 Å². The molecule has 0 spiro atoms. The lowest BCUT2D eigenvalue weighted by Crippen LogP contribution is -2.13. The highest BCUT2D eigenvalue weighted by atomic mass is 16.5. The van der Waals surface area contributed by atoms with E-state index in [0.717, 1.165) is 18.6 Å². The molecule has 1 unspecified atom stereocenters. The van der Waals surface area contributed by atoms with Gasteiger partial charge in [0.25, 0.3) is 0 Å². The molecule has 3 heteroatoms. The maximum absolute atomic E-state index is 9.23. The number of benzene rings is 1. The number of nitriles is 1. The quantitative estimate of drug-likeness (QED) is 0.819. The van der Waals surface area contributed by atoms with Crippen LogP contribution in [-0.2, 0) is 6.42 Å². The third-order valence-corrected chi connectivity index (χ3v) is 3.07. The lowest BCUT2D eigenvalue weighted by molar-refractivity contribution is 0.185. The Morgan fingerprint density at radius 2 is 1.95 bits per heavy atom. The van der Waals surface area contributed by atoms with Gasteiger partial charge in [0.1, 0.15) is 5.75 Å². The molecule has 1 rings (SSSR count). The molecule has 0 aliphatic carbocycles. The highest BCUT2D eigenvalue weighted by molar-refractivity contribution is 5.27. The van der Waals surface area contributed by atoms with Crippen LogP contribution in [-0.4, -0.2) is 17.8 Å². The third kappa shape index (κ3) is 6.26. The Kier molecular flexibility index (Phi) is 5.85. The first-order chi connectivity index (χ1) is 8.93. The van der Waals surface area contributed by atoms with Gasteiger partial charge in [0, 0.05) is 0 Å². The van der Waals surface area contributed by atoms with Crippen molar-refractivity contribution in [2.45, 2.75) is 46.1 Å². The van der Waals surface area contributed by atoms with E-state index in [4.69, 9.17) is 10.00 Å². The summed E-state index contributed by atoms with van der Waals surface area (Å²) < 4.78 is 5.62. The van der Waals surface area contributed by atoms with Crippen LogP contribution in [0.2, 0.25) is 0 Å². The highest BCUT2D eigenvalue weighted by Crippen LogP contribution is 2.20. The van der Waals surface area contributed by atoms with Crippen molar-refractivity contribution in [3.8, 4) is 11.8 Å². The molecule has 0 radical (unpaired) electrons. The fourth-order valence-corrected chi connectivity index (χ4v) is 1.61. The van der Waals surface area contributed by atoms with Crippen molar-refractivity contribution in [1.82, 2.24) is 0 Å². The Morgan fingerprint density at radius 1 is 1.32 bits per heavy atom. The maximum atomic E-state index is 9.23. The van der Waals surface area contributed by atoms with Gasteiger partial charge < -0.3 is 9.84 Å². The van der Waals surface area contributed by atoms with Gasteiger partial charge in [-0.05, 0) is 57.7 Å². The molecule has 1 N–H and O–H groups in total. The van der Waals surface area contributed by atoms with Crippen LogP contribution in [0.15, 0.2) is 24.3 Å². The molecule has 0 bridgehead atoms. The van der Waals surface area contributed by atoms with Gasteiger partial charge in [0.05, 0.1) is 24.2 Å². The number of hydrogen-bond acceptors (Lipinski definition) is 3. The van der Waals surface area contributed by atoms with Gasteiger partial charge in [-0.3, -0.25) is 0 Å². The van der Waals surface area contributed by atoms with Crippen LogP contribution in [0.3, 0.4) is 0 Å². The van der Waals surface area contributed by atoms with E-state index in [2.05, 4.69) is 6.07 Å². The van der Waals surface area contributed by atoms with Crippen LogP contribution in [0.5, 0.6) is 5.75 Å². The largest absolute Gasteiger partial charge is 0.494 e. The summed E-state index contributed by atoms with van der Waals surface area (Å²) in [5.41, 5.74) is 0.864. The fraction of sp³-hybridized carbons (Fsp3) is 0.562. The Morgan fingerprint density at radius 3 is 2.47 bits per heavy atom. The molecule has 104 valence electrons. The normalized spacial score (nSPS) is 12.8. The topological polar surface area (TPSA) is 53.2 Å². The number of hydrogen-bond donors (Lipinski definition) is 1. The summed E-state index contributed by atoms with van der Waals surface area (Å²) in [5.74, 6) is 0.828. The van der Waals surface area contributed by atoms with Crippen LogP contribution < -0.4 is 4.74 Å². The minimum Gasteiger partial charge on any atom is -0.494 e. The molecule has 0 fully saturated rings. The lowest BCUT2D eigenvalue weighted by atomic mass is 9.92. The Labute approximate surface area is 115 Å². The molecular weight excluding hydrogens is 238 g/mol. The van der Waals surface area contributed by atoms with Crippen molar-refractivity contribution in [1.29, 1.82) is 5.26 Å². The summed E-state index contributed by atoms with van der Waals surface area (Å²) in [6, 6.07) is 10.2. The number of nitrogens with zero attached hydrogens (tertiary/aromatic N) is 1. The van der Waals surface area contributed by atoms with Crippen LogP contribution in [0.4, 0.5) is 0 Å². The first-order valence-electron chi connectivity index (χ1n) is 6.74. The number of aliphatic hydroxyl groups excluding tert-OH is 1.